The maximum absolute atomic E-state index is 14.8. The van der Waals surface area contributed by atoms with Crippen LogP contribution in [-0.2, 0) is 24.0 Å². The average molecular weight is 669 g/mol. The van der Waals surface area contributed by atoms with Crippen molar-refractivity contribution in [2.45, 2.75) is 125 Å². The van der Waals surface area contributed by atoms with Crippen molar-refractivity contribution in [2.75, 3.05) is 39.3 Å². The van der Waals surface area contributed by atoms with Crippen LogP contribution in [0.2, 0.25) is 0 Å². The minimum atomic E-state index is -0.984. The van der Waals surface area contributed by atoms with Gasteiger partial charge in [0, 0.05) is 75.8 Å². The number of nitrogens with one attached hydrogen (secondary N) is 1. The average Bonchev–Trinajstić information content (AvgIpc) is 3.19. The molecule has 0 bridgehead atoms. The first kappa shape index (κ1) is 37.1. The molecule has 48 heavy (non-hydrogen) atoms. The number of nitrogens with zero attached hydrogens (tertiary/aromatic N) is 2. The summed E-state index contributed by atoms with van der Waals surface area (Å²) in [6.07, 6.45) is 8.12. The third kappa shape index (κ3) is 6.80. The molecule has 3 aliphatic carbocycles. The second-order valence-corrected chi connectivity index (χ2v) is 18.4. The van der Waals surface area contributed by atoms with Gasteiger partial charge in [-0.1, -0.05) is 74.1 Å². The zero-order valence-corrected chi connectivity index (χ0v) is 31.0. The predicted molar refractivity (Wildman–Crippen MR) is 187 cm³/mol. The van der Waals surface area contributed by atoms with Crippen LogP contribution in [0.3, 0.4) is 0 Å². The normalized spacial score (nSPS) is 28.5. The molecule has 9 heteroatoms. The van der Waals surface area contributed by atoms with Crippen LogP contribution in [0, 0.1) is 51.2 Å². The molecule has 2 saturated heterocycles. The number of Topliss-reactive ketones (excluding diaryl/α,β-unsaturated/α-hetero) is 3. The Labute approximate surface area is 289 Å². The number of hydrogen-bond acceptors (Lipinski definition) is 7. The van der Waals surface area contributed by atoms with E-state index in [0.717, 1.165) is 64.8 Å². The third-order valence-corrected chi connectivity index (χ3v) is 14.3. The van der Waals surface area contributed by atoms with Gasteiger partial charge in [-0.25, -0.2) is 0 Å². The summed E-state index contributed by atoms with van der Waals surface area (Å²) < 4.78 is 0. The molecular formula is C39H64N4O5. The summed E-state index contributed by atoms with van der Waals surface area (Å²) in [4.78, 5) is 72.3. The van der Waals surface area contributed by atoms with Crippen molar-refractivity contribution in [1.82, 2.24) is 15.1 Å². The molecule has 0 radical (unpaired) electrons. The second-order valence-electron chi connectivity index (χ2n) is 18.4. The van der Waals surface area contributed by atoms with Gasteiger partial charge in [0.1, 0.15) is 5.78 Å². The Hall–Kier alpha value is -2.13. The number of carbonyl (C=O) groups is 5. The van der Waals surface area contributed by atoms with Gasteiger partial charge < -0.3 is 20.9 Å². The zero-order valence-electron chi connectivity index (χ0n) is 31.0. The van der Waals surface area contributed by atoms with Crippen LogP contribution < -0.4 is 11.1 Å². The molecule has 0 aromatic heterocycles. The Bertz CT molecular complexity index is 1260. The van der Waals surface area contributed by atoms with E-state index in [0.29, 0.717) is 37.6 Å². The third-order valence-electron chi connectivity index (χ3n) is 14.3. The fourth-order valence-corrected chi connectivity index (χ4v) is 10.4. The van der Waals surface area contributed by atoms with Gasteiger partial charge in [0.25, 0.3) is 5.91 Å². The smallest absolute Gasteiger partial charge is 0.285 e. The zero-order chi connectivity index (χ0) is 35.2. The van der Waals surface area contributed by atoms with Gasteiger partial charge in [-0.2, -0.15) is 0 Å². The molecule has 2 aliphatic heterocycles. The lowest BCUT2D eigenvalue weighted by Gasteiger charge is -2.36. The van der Waals surface area contributed by atoms with Crippen LogP contribution in [-0.4, -0.2) is 84.3 Å². The SMILES string of the molecule is CC(C)[C@H](CC(=O)C[C@H](C(=O)N1C[C@]2(C[C@H]1C(=O)CC(CC1CCC1)C(=O)C(N)=O)C(C)(C)C21CCC1)C(C)(C)C)CN1CCNCC1. The van der Waals surface area contributed by atoms with Crippen molar-refractivity contribution in [1.29, 1.82) is 0 Å². The summed E-state index contributed by atoms with van der Waals surface area (Å²) in [5.74, 6) is -2.17. The van der Waals surface area contributed by atoms with Crippen molar-refractivity contribution in [3.8, 4) is 0 Å². The van der Waals surface area contributed by atoms with Gasteiger partial charge in [0.2, 0.25) is 11.7 Å². The number of amides is 2. The number of fused-ring (bicyclic) bond motifs is 1. The highest BCUT2D eigenvalue weighted by molar-refractivity contribution is 6.36. The van der Waals surface area contributed by atoms with E-state index in [4.69, 9.17) is 5.73 Å². The molecule has 3 saturated carbocycles. The predicted octanol–water partition coefficient (Wildman–Crippen LogP) is 4.79. The second kappa shape index (κ2) is 13.9. The van der Waals surface area contributed by atoms with Crippen LogP contribution in [0.25, 0.3) is 0 Å². The highest BCUT2D eigenvalue weighted by atomic mass is 16.2. The minimum absolute atomic E-state index is 0.00168. The van der Waals surface area contributed by atoms with Gasteiger partial charge in [-0.15, -0.1) is 0 Å². The molecule has 3 N–H and O–H groups in total. The molecule has 2 heterocycles. The first-order valence-electron chi connectivity index (χ1n) is 19.1. The quantitative estimate of drug-likeness (QED) is 0.240. The first-order valence-corrected chi connectivity index (χ1v) is 19.1. The van der Waals surface area contributed by atoms with E-state index in [1.54, 1.807) is 0 Å². The van der Waals surface area contributed by atoms with E-state index in [9.17, 15) is 24.0 Å². The van der Waals surface area contributed by atoms with Crippen molar-refractivity contribution in [3.05, 3.63) is 0 Å². The Morgan fingerprint density at radius 1 is 0.917 bits per heavy atom. The molecule has 5 rings (SSSR count). The fraction of sp³-hybridized carbons (Fsp3) is 0.872. The standard InChI is InChI=1S/C39H64N4O5/c1-25(2)28(23-42-16-14-41-15-17-42)19-29(44)21-30(36(3,4)5)35(48)43-24-39(37(6,7)38(39)12-9-13-38)22-31(43)32(45)20-27(33(46)34(40)47)18-26-10-8-11-26/h25-28,30-31,41H,8-24H2,1-7H3,(H2,40,47)/t27?,28-,30-,31+,39-/m1/s1. The highest BCUT2D eigenvalue weighted by Crippen LogP contribution is 2.88. The number of piperazine rings is 1. The largest absolute Gasteiger partial charge is 0.363 e. The van der Waals surface area contributed by atoms with Gasteiger partial charge >= 0.3 is 0 Å². The van der Waals surface area contributed by atoms with Crippen LogP contribution in [0.4, 0.5) is 0 Å². The van der Waals surface area contributed by atoms with Crippen LogP contribution in [0.5, 0.6) is 0 Å². The van der Waals surface area contributed by atoms with Crippen molar-refractivity contribution in [2.24, 2.45) is 57.0 Å². The lowest BCUT2D eigenvalue weighted by atomic mass is 9.73. The van der Waals surface area contributed by atoms with E-state index in [-0.39, 0.29) is 52.5 Å². The Morgan fingerprint density at radius 3 is 2.04 bits per heavy atom. The minimum Gasteiger partial charge on any atom is -0.363 e. The van der Waals surface area contributed by atoms with Crippen LogP contribution in [0.15, 0.2) is 0 Å². The van der Waals surface area contributed by atoms with Crippen molar-refractivity contribution in [3.63, 3.8) is 0 Å². The molecule has 0 aromatic carbocycles. The van der Waals surface area contributed by atoms with E-state index < -0.39 is 35.0 Å². The van der Waals surface area contributed by atoms with E-state index >= 15 is 0 Å². The topological polar surface area (TPSA) is 130 Å². The summed E-state index contributed by atoms with van der Waals surface area (Å²) in [6.45, 7) is 20.3. The molecule has 5 aliphatic rings. The summed E-state index contributed by atoms with van der Waals surface area (Å²) in [7, 11) is 0. The lowest BCUT2D eigenvalue weighted by molar-refractivity contribution is -0.147. The molecule has 5 atom stereocenters. The van der Waals surface area contributed by atoms with E-state index in [1.165, 1.54) is 6.42 Å². The number of nitrogens with two attached hydrogens (primary N) is 1. The van der Waals surface area contributed by atoms with Crippen molar-refractivity contribution >= 4 is 29.2 Å². The molecular weight excluding hydrogens is 604 g/mol. The highest BCUT2D eigenvalue weighted by Gasteiger charge is 2.85. The number of ketones is 3. The summed E-state index contributed by atoms with van der Waals surface area (Å²) in [5, 5.41) is 3.40. The monoisotopic (exact) mass is 668 g/mol. The van der Waals surface area contributed by atoms with Gasteiger partial charge in [-0.3, -0.25) is 24.0 Å². The number of hydrogen-bond donors (Lipinski definition) is 2. The summed E-state index contributed by atoms with van der Waals surface area (Å²) in [5.41, 5.74) is 4.96. The number of carbonyl (C=O) groups excluding carboxylic acids is 5. The maximum atomic E-state index is 14.8. The molecule has 1 unspecified atom stereocenters. The molecule has 9 nitrogen and oxygen atoms in total. The Kier molecular flexibility index (Phi) is 10.7. The fourth-order valence-electron chi connectivity index (χ4n) is 10.4. The van der Waals surface area contributed by atoms with Crippen LogP contribution in [0.1, 0.15) is 119 Å². The van der Waals surface area contributed by atoms with E-state index in [1.807, 2.05) is 25.7 Å². The molecule has 2 amide bonds. The summed E-state index contributed by atoms with van der Waals surface area (Å²) >= 11 is 0. The Morgan fingerprint density at radius 2 is 1.56 bits per heavy atom. The van der Waals surface area contributed by atoms with E-state index in [2.05, 4.69) is 37.9 Å². The van der Waals surface area contributed by atoms with Gasteiger partial charge in [-0.05, 0) is 59.7 Å². The Balaban J connectivity index is 1.37. The molecule has 5 fully saturated rings. The van der Waals surface area contributed by atoms with Crippen molar-refractivity contribution < 1.29 is 24.0 Å². The van der Waals surface area contributed by atoms with Gasteiger partial charge in [0.15, 0.2) is 5.78 Å². The number of primary amides is 1. The number of rotatable bonds is 15. The number of likely N-dealkylation sites (tertiary alicyclic amines) is 1. The summed E-state index contributed by atoms with van der Waals surface area (Å²) in [6, 6.07) is -0.655. The molecule has 2 spiro atoms. The lowest BCUT2D eigenvalue weighted by Crippen LogP contribution is -2.48. The molecule has 270 valence electrons. The molecule has 0 aromatic rings. The maximum Gasteiger partial charge on any atom is 0.285 e. The van der Waals surface area contributed by atoms with Crippen LogP contribution >= 0.6 is 0 Å². The van der Waals surface area contributed by atoms with Gasteiger partial charge in [0.05, 0.1) is 6.04 Å². The first-order chi connectivity index (χ1) is 22.4.